The Morgan fingerprint density at radius 1 is 1.00 bits per heavy atom. The van der Waals surface area contributed by atoms with Crippen molar-refractivity contribution in [2.24, 2.45) is 5.10 Å². The van der Waals surface area contributed by atoms with Crippen molar-refractivity contribution in [3.8, 4) is 17.1 Å². The van der Waals surface area contributed by atoms with Gasteiger partial charge in [-0.1, -0.05) is 52.3 Å². The van der Waals surface area contributed by atoms with E-state index < -0.39 is 11.8 Å². The van der Waals surface area contributed by atoms with E-state index in [0.29, 0.717) is 17.3 Å². The molecule has 2 N–H and O–H groups in total. The summed E-state index contributed by atoms with van der Waals surface area (Å²) >= 11 is 3.53. The second kappa shape index (κ2) is 10.8. The number of halogens is 1. The first kappa shape index (κ1) is 23.3. The van der Waals surface area contributed by atoms with E-state index in [-0.39, 0.29) is 13.2 Å². The minimum Gasteiger partial charge on any atom is -0.484 e. The summed E-state index contributed by atoms with van der Waals surface area (Å²) in [6, 6.07) is 23.0. The van der Waals surface area contributed by atoms with E-state index in [1.165, 1.54) is 6.21 Å². The Morgan fingerprint density at radius 3 is 2.65 bits per heavy atom. The van der Waals surface area contributed by atoms with Crippen molar-refractivity contribution in [3.63, 3.8) is 0 Å². The van der Waals surface area contributed by atoms with Crippen LogP contribution in [0.4, 0.5) is 0 Å². The normalized spacial score (nSPS) is 11.0. The number of benzene rings is 3. The third kappa shape index (κ3) is 6.11. The van der Waals surface area contributed by atoms with Crippen molar-refractivity contribution < 1.29 is 18.7 Å². The standard InChI is InChI=1S/C26H22BrN3O4/c1-17-6-10-22(23(27)12-17)24-11-9-21(34-24)14-29-30-25(31)15-28-26(32)16-33-20-8-7-18-4-2-3-5-19(18)13-20/h2-14H,15-16H2,1H3,(H,28,32)(H,30,31)/b29-14-. The molecule has 1 aromatic heterocycles. The number of amides is 2. The number of aryl methyl sites for hydroxylation is 1. The first-order chi connectivity index (χ1) is 16.5. The van der Waals surface area contributed by atoms with Gasteiger partial charge in [0.2, 0.25) is 0 Å². The maximum atomic E-state index is 12.0. The maximum absolute atomic E-state index is 12.0. The van der Waals surface area contributed by atoms with Crippen molar-refractivity contribution in [1.29, 1.82) is 0 Å². The third-order valence-electron chi connectivity index (χ3n) is 4.93. The number of rotatable bonds is 8. The molecule has 0 aliphatic carbocycles. The molecule has 7 nitrogen and oxygen atoms in total. The van der Waals surface area contributed by atoms with Crippen LogP contribution in [0.1, 0.15) is 11.3 Å². The number of nitrogens with one attached hydrogen (secondary N) is 2. The smallest absolute Gasteiger partial charge is 0.259 e. The highest BCUT2D eigenvalue weighted by molar-refractivity contribution is 9.10. The number of carbonyl (C=O) groups is 2. The van der Waals surface area contributed by atoms with Crippen LogP contribution in [0.2, 0.25) is 0 Å². The SMILES string of the molecule is Cc1ccc(-c2ccc(/C=N\NC(=O)CNC(=O)COc3ccc4ccccc4c3)o2)c(Br)c1. The van der Waals surface area contributed by atoms with Gasteiger partial charge in [-0.2, -0.15) is 5.10 Å². The Bertz CT molecular complexity index is 1360. The van der Waals surface area contributed by atoms with Gasteiger partial charge in [-0.3, -0.25) is 9.59 Å². The summed E-state index contributed by atoms with van der Waals surface area (Å²) in [4.78, 5) is 23.9. The van der Waals surface area contributed by atoms with E-state index in [1.807, 2.05) is 67.6 Å². The van der Waals surface area contributed by atoms with E-state index in [0.717, 1.165) is 26.4 Å². The van der Waals surface area contributed by atoms with E-state index in [4.69, 9.17) is 9.15 Å². The number of carbonyl (C=O) groups excluding carboxylic acids is 2. The topological polar surface area (TPSA) is 92.9 Å². The van der Waals surface area contributed by atoms with Crippen LogP contribution in [0.3, 0.4) is 0 Å². The van der Waals surface area contributed by atoms with E-state index in [1.54, 1.807) is 12.1 Å². The molecule has 0 spiro atoms. The Balaban J connectivity index is 1.21. The molecule has 1 heterocycles. The molecular formula is C26H22BrN3O4. The molecule has 0 atom stereocenters. The lowest BCUT2D eigenvalue weighted by Gasteiger charge is -2.08. The monoisotopic (exact) mass is 519 g/mol. The van der Waals surface area contributed by atoms with Crippen LogP contribution in [-0.4, -0.2) is 31.2 Å². The lowest BCUT2D eigenvalue weighted by atomic mass is 10.1. The zero-order chi connectivity index (χ0) is 23.9. The van der Waals surface area contributed by atoms with Crippen LogP contribution < -0.4 is 15.5 Å². The number of ether oxygens (including phenoxy) is 1. The van der Waals surface area contributed by atoms with Crippen LogP contribution in [0, 0.1) is 6.92 Å². The number of nitrogens with zero attached hydrogens (tertiary/aromatic N) is 1. The maximum Gasteiger partial charge on any atom is 0.259 e. The van der Waals surface area contributed by atoms with Gasteiger partial charge >= 0.3 is 0 Å². The first-order valence-electron chi connectivity index (χ1n) is 10.5. The lowest BCUT2D eigenvalue weighted by Crippen LogP contribution is -2.37. The molecule has 172 valence electrons. The predicted molar refractivity (Wildman–Crippen MR) is 135 cm³/mol. The van der Waals surface area contributed by atoms with Crippen molar-refractivity contribution in [3.05, 3.63) is 88.6 Å². The zero-order valence-electron chi connectivity index (χ0n) is 18.4. The number of fused-ring (bicyclic) bond motifs is 1. The van der Waals surface area contributed by atoms with Gasteiger partial charge in [-0.25, -0.2) is 5.43 Å². The largest absolute Gasteiger partial charge is 0.484 e. The molecule has 0 unspecified atom stereocenters. The molecule has 0 bridgehead atoms. The molecule has 34 heavy (non-hydrogen) atoms. The van der Waals surface area contributed by atoms with Gasteiger partial charge < -0.3 is 14.5 Å². The summed E-state index contributed by atoms with van der Waals surface area (Å²) in [6.45, 7) is 1.59. The van der Waals surface area contributed by atoms with Crippen molar-refractivity contribution in [2.45, 2.75) is 6.92 Å². The minimum absolute atomic E-state index is 0.196. The minimum atomic E-state index is -0.469. The number of furan rings is 1. The molecule has 2 amide bonds. The van der Waals surface area contributed by atoms with Crippen LogP contribution >= 0.6 is 15.9 Å². The first-order valence-corrected chi connectivity index (χ1v) is 11.3. The Morgan fingerprint density at radius 2 is 1.82 bits per heavy atom. The van der Waals surface area contributed by atoms with Crippen molar-refractivity contribution in [1.82, 2.24) is 10.7 Å². The fraction of sp³-hybridized carbons (Fsp3) is 0.115. The highest BCUT2D eigenvalue weighted by Crippen LogP contribution is 2.30. The van der Waals surface area contributed by atoms with Crippen LogP contribution in [0.15, 0.2) is 86.8 Å². The summed E-state index contributed by atoms with van der Waals surface area (Å²) in [5.74, 6) is 0.863. The molecule has 0 fully saturated rings. The van der Waals surface area contributed by atoms with E-state index >= 15 is 0 Å². The highest BCUT2D eigenvalue weighted by atomic mass is 79.9. The summed E-state index contributed by atoms with van der Waals surface area (Å²) < 4.78 is 12.2. The Labute approximate surface area is 204 Å². The van der Waals surface area contributed by atoms with E-state index in [9.17, 15) is 9.59 Å². The van der Waals surface area contributed by atoms with Gasteiger partial charge in [0.05, 0.1) is 12.8 Å². The summed E-state index contributed by atoms with van der Waals surface area (Å²) in [6.07, 6.45) is 1.40. The average molecular weight is 520 g/mol. The molecule has 0 radical (unpaired) electrons. The Kier molecular flexibility index (Phi) is 7.39. The quantitative estimate of drug-likeness (QED) is 0.258. The van der Waals surface area contributed by atoms with Gasteiger partial charge in [-0.15, -0.1) is 0 Å². The van der Waals surface area contributed by atoms with Crippen LogP contribution in [0.25, 0.3) is 22.1 Å². The lowest BCUT2D eigenvalue weighted by molar-refractivity contribution is -0.127. The fourth-order valence-corrected chi connectivity index (χ4v) is 3.92. The third-order valence-corrected chi connectivity index (χ3v) is 5.59. The van der Waals surface area contributed by atoms with Crippen LogP contribution in [-0.2, 0) is 9.59 Å². The number of hydrogen-bond acceptors (Lipinski definition) is 5. The molecular weight excluding hydrogens is 498 g/mol. The molecule has 0 saturated carbocycles. The average Bonchev–Trinajstić information content (AvgIpc) is 3.29. The van der Waals surface area contributed by atoms with Crippen LogP contribution in [0.5, 0.6) is 5.75 Å². The second-order valence-corrected chi connectivity index (χ2v) is 8.41. The molecule has 4 rings (SSSR count). The number of hydrazone groups is 1. The Hall–Kier alpha value is -3.91. The van der Waals surface area contributed by atoms with Crippen molar-refractivity contribution >= 4 is 44.7 Å². The molecule has 0 aliphatic rings. The summed E-state index contributed by atoms with van der Waals surface area (Å²) in [7, 11) is 0. The predicted octanol–water partition coefficient (Wildman–Crippen LogP) is 4.82. The number of hydrogen-bond donors (Lipinski definition) is 2. The molecule has 4 aromatic rings. The zero-order valence-corrected chi connectivity index (χ0v) is 20.0. The van der Waals surface area contributed by atoms with Gasteiger partial charge in [0, 0.05) is 10.0 Å². The van der Waals surface area contributed by atoms with Gasteiger partial charge in [0.25, 0.3) is 11.8 Å². The van der Waals surface area contributed by atoms with Gasteiger partial charge in [-0.05, 0) is 59.7 Å². The molecule has 3 aromatic carbocycles. The highest BCUT2D eigenvalue weighted by Gasteiger charge is 2.09. The molecule has 0 saturated heterocycles. The molecule has 8 heteroatoms. The fourth-order valence-electron chi connectivity index (χ4n) is 3.23. The van der Waals surface area contributed by atoms with E-state index in [2.05, 4.69) is 31.8 Å². The molecule has 0 aliphatic heterocycles. The summed E-state index contributed by atoms with van der Waals surface area (Å²) in [5, 5.41) is 8.48. The van der Waals surface area contributed by atoms with Gasteiger partial charge in [0.15, 0.2) is 6.61 Å². The van der Waals surface area contributed by atoms with Gasteiger partial charge in [0.1, 0.15) is 17.3 Å². The second-order valence-electron chi connectivity index (χ2n) is 7.55. The summed E-state index contributed by atoms with van der Waals surface area (Å²) in [5.41, 5.74) is 4.41. The van der Waals surface area contributed by atoms with Crippen molar-refractivity contribution in [2.75, 3.05) is 13.2 Å².